The molecule has 0 N–H and O–H groups in total. The van der Waals surface area contributed by atoms with Crippen LogP contribution in [0.3, 0.4) is 0 Å². The Morgan fingerprint density at radius 1 is 1.04 bits per heavy atom. The van der Waals surface area contributed by atoms with E-state index in [0.29, 0.717) is 37.4 Å². The fraction of sp³-hybridized carbons (Fsp3) is 0.667. The monoisotopic (exact) mass is 382 g/mol. The minimum atomic E-state index is 0.540. The zero-order chi connectivity index (χ0) is 21.8. The van der Waals surface area contributed by atoms with E-state index in [2.05, 4.69) is 104 Å². The molecule has 4 unspecified atom stereocenters. The fourth-order valence-corrected chi connectivity index (χ4v) is 5.08. The van der Waals surface area contributed by atoms with E-state index >= 15 is 0 Å². The predicted octanol–water partition coefficient (Wildman–Crippen LogP) is 6.52. The first-order chi connectivity index (χ1) is 13.1. The van der Waals surface area contributed by atoms with E-state index in [1.54, 1.807) is 11.1 Å². The van der Waals surface area contributed by atoms with Gasteiger partial charge in [0, 0.05) is 12.7 Å². The van der Waals surface area contributed by atoms with Gasteiger partial charge in [0.1, 0.15) is 0 Å². The van der Waals surface area contributed by atoms with Crippen LogP contribution in [0.25, 0.3) is 0 Å². The summed E-state index contributed by atoms with van der Waals surface area (Å²) in [5.41, 5.74) is 6.75. The number of benzene rings is 1. The summed E-state index contributed by atoms with van der Waals surface area (Å²) in [6.45, 7) is 29.3. The van der Waals surface area contributed by atoms with Gasteiger partial charge < -0.3 is 9.62 Å². The number of fused-ring (bicyclic) bond motifs is 2. The highest BCUT2D eigenvalue weighted by atomic mass is 15.3. The Kier molecular flexibility index (Phi) is 9.56. The maximum atomic E-state index is 3.00. The largest absolute Gasteiger partial charge is 0.331 e. The summed E-state index contributed by atoms with van der Waals surface area (Å²) in [5, 5.41) is 0. The summed E-state index contributed by atoms with van der Waals surface area (Å²) in [5.74, 6) is 1.24. The Bertz CT molecular complexity index is 633. The standard InChI is InChI=1S/C19H32B2N2.C3H8.C2H4/c1-12-9-13(2)18-11-23-19(15(4)14(3)17(18)10-12)22(8)20(6)16(5)21(23)7;1-3-2;1-2/h9-10,14-16,19H,11H2,1-8H3;3H2,1-2H3;1-2H2. The molecule has 1 aromatic rings. The molecule has 4 heteroatoms. The maximum Gasteiger partial charge on any atom is 0.218 e. The second-order valence-corrected chi connectivity index (χ2v) is 9.10. The molecule has 0 amide bonds. The van der Waals surface area contributed by atoms with Gasteiger partial charge in [-0.2, -0.15) is 0 Å². The van der Waals surface area contributed by atoms with Crippen LogP contribution >= 0.6 is 0 Å². The molecule has 2 aliphatic heterocycles. The molecule has 2 aliphatic rings. The Hall–Kier alpha value is -0.990. The highest BCUT2D eigenvalue weighted by Gasteiger charge is 2.48. The van der Waals surface area contributed by atoms with Crippen molar-refractivity contribution >= 4 is 13.7 Å². The summed E-state index contributed by atoms with van der Waals surface area (Å²) in [6, 6.07) is 4.81. The van der Waals surface area contributed by atoms with E-state index in [9.17, 15) is 0 Å². The number of nitrogens with zero attached hydrogens (tertiary/aromatic N) is 2. The van der Waals surface area contributed by atoms with Crippen molar-refractivity contribution in [1.82, 2.24) is 9.62 Å². The summed E-state index contributed by atoms with van der Waals surface area (Å²) < 4.78 is 0. The van der Waals surface area contributed by atoms with Crippen LogP contribution in [0.1, 0.15) is 69.2 Å². The lowest BCUT2D eigenvalue weighted by Crippen LogP contribution is -2.66. The summed E-state index contributed by atoms with van der Waals surface area (Å²) in [7, 11) is 2.34. The van der Waals surface area contributed by atoms with Gasteiger partial charge >= 0.3 is 0 Å². The van der Waals surface area contributed by atoms with E-state index in [-0.39, 0.29) is 0 Å². The number of hydrogen-bond donors (Lipinski definition) is 0. The van der Waals surface area contributed by atoms with Gasteiger partial charge in [0.15, 0.2) is 0 Å². The minimum Gasteiger partial charge on any atom is -0.331 e. The summed E-state index contributed by atoms with van der Waals surface area (Å²) in [4.78, 5) is 5.42. The summed E-state index contributed by atoms with van der Waals surface area (Å²) >= 11 is 0. The van der Waals surface area contributed by atoms with Crippen molar-refractivity contribution in [2.24, 2.45) is 5.92 Å². The smallest absolute Gasteiger partial charge is 0.218 e. The lowest BCUT2D eigenvalue weighted by atomic mass is 9.30. The highest BCUT2D eigenvalue weighted by Crippen LogP contribution is 2.42. The van der Waals surface area contributed by atoms with Crippen LogP contribution < -0.4 is 0 Å². The van der Waals surface area contributed by atoms with Crippen LogP contribution in [0.4, 0.5) is 0 Å². The van der Waals surface area contributed by atoms with Crippen LogP contribution in [-0.2, 0) is 6.54 Å². The molecule has 0 spiro atoms. The SMILES string of the molecule is C=C.CB1C(C)B(C)N2Cc3c(C)cc(C)cc3C(C)C(C)C2N1C.CCC. The molecule has 156 valence electrons. The maximum absolute atomic E-state index is 3.00. The Morgan fingerprint density at radius 3 is 2.11 bits per heavy atom. The Labute approximate surface area is 177 Å². The number of hydrogen-bond acceptors (Lipinski definition) is 2. The normalized spacial score (nSPS) is 27.5. The first-order valence-corrected chi connectivity index (χ1v) is 11.2. The van der Waals surface area contributed by atoms with E-state index < -0.39 is 0 Å². The third-order valence-corrected chi connectivity index (χ3v) is 7.19. The molecule has 0 aromatic heterocycles. The van der Waals surface area contributed by atoms with Gasteiger partial charge in [-0.3, -0.25) is 0 Å². The van der Waals surface area contributed by atoms with E-state index in [1.807, 2.05) is 0 Å². The highest BCUT2D eigenvalue weighted by molar-refractivity contribution is 6.77. The van der Waals surface area contributed by atoms with Crippen molar-refractivity contribution in [2.75, 3.05) is 7.05 Å². The minimum absolute atomic E-state index is 0.540. The van der Waals surface area contributed by atoms with Crippen molar-refractivity contribution in [3.05, 3.63) is 47.5 Å². The second-order valence-electron chi connectivity index (χ2n) is 9.10. The average molecular weight is 382 g/mol. The van der Waals surface area contributed by atoms with Crippen molar-refractivity contribution in [3.63, 3.8) is 0 Å². The molecule has 0 saturated carbocycles. The van der Waals surface area contributed by atoms with Crippen LogP contribution in [0.2, 0.25) is 19.4 Å². The predicted molar refractivity (Wildman–Crippen MR) is 130 cm³/mol. The molecule has 3 rings (SSSR count). The topological polar surface area (TPSA) is 6.48 Å². The molecular formula is C24H44B2N2. The van der Waals surface area contributed by atoms with E-state index in [1.165, 1.54) is 17.5 Å². The van der Waals surface area contributed by atoms with E-state index in [0.717, 1.165) is 6.54 Å². The number of rotatable bonds is 0. The van der Waals surface area contributed by atoms with Crippen LogP contribution in [-0.4, -0.2) is 36.5 Å². The first-order valence-electron chi connectivity index (χ1n) is 11.2. The Balaban J connectivity index is 0.000000717. The molecule has 1 saturated heterocycles. The fourth-order valence-electron chi connectivity index (χ4n) is 5.08. The van der Waals surface area contributed by atoms with Gasteiger partial charge in [0.05, 0.1) is 0 Å². The lowest BCUT2D eigenvalue weighted by Gasteiger charge is -2.52. The van der Waals surface area contributed by atoms with Gasteiger partial charge in [-0.05, 0) is 49.4 Å². The van der Waals surface area contributed by atoms with Crippen molar-refractivity contribution in [2.45, 2.75) is 92.9 Å². The molecule has 0 bridgehead atoms. The van der Waals surface area contributed by atoms with Crippen LogP contribution in [0, 0.1) is 19.8 Å². The number of aryl methyl sites for hydroxylation is 2. The van der Waals surface area contributed by atoms with Crippen molar-refractivity contribution in [1.29, 1.82) is 0 Å². The second kappa shape index (κ2) is 10.7. The molecule has 28 heavy (non-hydrogen) atoms. The molecule has 4 atom stereocenters. The molecule has 2 nitrogen and oxygen atoms in total. The third-order valence-electron chi connectivity index (χ3n) is 7.19. The first kappa shape index (κ1) is 25.0. The van der Waals surface area contributed by atoms with Crippen molar-refractivity contribution < 1.29 is 0 Å². The van der Waals surface area contributed by atoms with Gasteiger partial charge in [0.25, 0.3) is 0 Å². The zero-order valence-corrected chi connectivity index (χ0v) is 20.3. The van der Waals surface area contributed by atoms with Crippen molar-refractivity contribution in [3.8, 4) is 0 Å². The third kappa shape index (κ3) is 4.76. The molecular weight excluding hydrogens is 338 g/mol. The molecule has 0 radical (unpaired) electrons. The molecule has 2 heterocycles. The summed E-state index contributed by atoms with van der Waals surface area (Å²) in [6.07, 6.45) is 1.79. The van der Waals surface area contributed by atoms with E-state index in [4.69, 9.17) is 0 Å². The zero-order valence-electron chi connectivity index (χ0n) is 20.3. The Morgan fingerprint density at radius 2 is 1.57 bits per heavy atom. The van der Waals surface area contributed by atoms with Gasteiger partial charge in [-0.1, -0.05) is 78.1 Å². The molecule has 1 fully saturated rings. The average Bonchev–Trinajstić information content (AvgIpc) is 2.77. The quantitative estimate of drug-likeness (QED) is 0.372. The van der Waals surface area contributed by atoms with Gasteiger partial charge in [0.2, 0.25) is 13.7 Å². The van der Waals surface area contributed by atoms with Crippen LogP contribution in [0.5, 0.6) is 0 Å². The van der Waals surface area contributed by atoms with Crippen LogP contribution in [0.15, 0.2) is 25.3 Å². The van der Waals surface area contributed by atoms with Gasteiger partial charge in [-0.15, -0.1) is 13.2 Å². The molecule has 1 aromatic carbocycles. The van der Waals surface area contributed by atoms with Gasteiger partial charge in [-0.25, -0.2) is 0 Å². The molecule has 0 aliphatic carbocycles. The lowest BCUT2D eigenvalue weighted by molar-refractivity contribution is 0.115.